The first kappa shape index (κ1) is 16.8. The molecule has 0 atom stereocenters. The number of pyridine rings is 1. The van der Waals surface area contributed by atoms with Gasteiger partial charge in [-0.2, -0.15) is 0 Å². The van der Waals surface area contributed by atoms with Crippen molar-refractivity contribution in [2.75, 3.05) is 12.8 Å². The smallest absolute Gasteiger partial charge is 0.167 e. The van der Waals surface area contributed by atoms with Crippen molar-refractivity contribution in [3.05, 3.63) is 48.4 Å². The van der Waals surface area contributed by atoms with E-state index in [9.17, 15) is 9.50 Å². The number of nitrogen functional groups attached to an aromatic ring is 1. The van der Waals surface area contributed by atoms with Gasteiger partial charge in [-0.05, 0) is 24.3 Å². The summed E-state index contributed by atoms with van der Waals surface area (Å²) in [4.78, 5) is 4.18. The summed E-state index contributed by atoms with van der Waals surface area (Å²) in [6.45, 7) is 0. The van der Waals surface area contributed by atoms with Crippen molar-refractivity contribution in [3.8, 4) is 23.0 Å². The van der Waals surface area contributed by atoms with E-state index in [1.54, 1.807) is 18.2 Å². The van der Waals surface area contributed by atoms with Crippen molar-refractivity contribution in [1.82, 2.24) is 4.98 Å². The molecule has 0 unspecified atom stereocenters. The summed E-state index contributed by atoms with van der Waals surface area (Å²) in [5, 5.41) is 10.4. The quantitative estimate of drug-likeness (QED) is 0.670. The molecule has 120 valence electrons. The van der Waals surface area contributed by atoms with E-state index in [0.717, 1.165) is 0 Å². The zero-order valence-electron chi connectivity index (χ0n) is 12.1. The lowest BCUT2D eigenvalue weighted by Gasteiger charge is -2.11. The summed E-state index contributed by atoms with van der Waals surface area (Å²) in [6, 6.07) is 8.80. The Morgan fingerprint density at radius 1 is 1.09 bits per heavy atom. The highest BCUT2D eigenvalue weighted by molar-refractivity contribution is 8.93. The molecule has 0 spiro atoms. The summed E-state index contributed by atoms with van der Waals surface area (Å²) < 4.78 is 24.5. The molecule has 2 aromatic carbocycles. The third kappa shape index (κ3) is 3.29. The van der Waals surface area contributed by atoms with Gasteiger partial charge in [-0.25, -0.2) is 4.39 Å². The van der Waals surface area contributed by atoms with E-state index < -0.39 is 5.82 Å². The monoisotopic (exact) mass is 380 g/mol. The van der Waals surface area contributed by atoms with E-state index in [1.165, 1.54) is 31.5 Å². The molecular weight excluding hydrogens is 367 g/mol. The number of aromatic hydroxyl groups is 1. The highest BCUT2D eigenvalue weighted by Gasteiger charge is 2.12. The van der Waals surface area contributed by atoms with E-state index in [4.69, 9.17) is 15.2 Å². The predicted molar refractivity (Wildman–Crippen MR) is 91.2 cm³/mol. The van der Waals surface area contributed by atoms with Crippen molar-refractivity contribution >= 4 is 33.6 Å². The minimum absolute atomic E-state index is 0. The summed E-state index contributed by atoms with van der Waals surface area (Å²) in [5.41, 5.74) is 6.38. The average Bonchev–Trinajstić information content (AvgIpc) is 2.50. The van der Waals surface area contributed by atoms with E-state index in [-0.39, 0.29) is 28.5 Å². The maximum Gasteiger partial charge on any atom is 0.167 e. The van der Waals surface area contributed by atoms with Gasteiger partial charge in [0.25, 0.3) is 0 Å². The van der Waals surface area contributed by atoms with Crippen LogP contribution in [0.4, 0.5) is 10.1 Å². The Labute approximate surface area is 142 Å². The molecule has 0 aliphatic carbocycles. The number of hydrogen-bond donors (Lipinski definition) is 2. The number of rotatable bonds is 3. The third-order valence-corrected chi connectivity index (χ3v) is 3.18. The number of phenols is 1. The predicted octanol–water partition coefficient (Wildman–Crippen LogP) is 4.04. The molecule has 0 fully saturated rings. The van der Waals surface area contributed by atoms with Crippen LogP contribution in [0.1, 0.15) is 0 Å². The fourth-order valence-electron chi connectivity index (χ4n) is 2.11. The van der Waals surface area contributed by atoms with Gasteiger partial charge in [-0.3, -0.25) is 4.98 Å². The average molecular weight is 381 g/mol. The highest BCUT2D eigenvalue weighted by Crippen LogP contribution is 2.36. The molecule has 0 amide bonds. The van der Waals surface area contributed by atoms with Crippen molar-refractivity contribution in [3.63, 3.8) is 0 Å². The number of anilines is 1. The van der Waals surface area contributed by atoms with Crippen molar-refractivity contribution in [1.29, 1.82) is 0 Å². The second kappa shape index (κ2) is 6.70. The molecule has 3 rings (SSSR count). The molecule has 1 heterocycles. The van der Waals surface area contributed by atoms with Crippen LogP contribution in [-0.2, 0) is 0 Å². The van der Waals surface area contributed by atoms with E-state index in [0.29, 0.717) is 28.1 Å². The number of aromatic nitrogens is 1. The van der Waals surface area contributed by atoms with Crippen molar-refractivity contribution < 1.29 is 19.0 Å². The van der Waals surface area contributed by atoms with Crippen molar-refractivity contribution in [2.24, 2.45) is 0 Å². The Hall–Kier alpha value is -2.54. The van der Waals surface area contributed by atoms with E-state index in [2.05, 4.69) is 4.98 Å². The number of nitrogens with two attached hydrogens (primary N) is 1. The number of ether oxygens (including phenoxy) is 2. The molecule has 23 heavy (non-hydrogen) atoms. The molecule has 7 heteroatoms. The Morgan fingerprint density at radius 3 is 2.57 bits per heavy atom. The highest BCUT2D eigenvalue weighted by atomic mass is 79.9. The number of phenolic OH excluding ortho intramolecular Hbond substituents is 1. The number of hydrogen-bond acceptors (Lipinski definition) is 5. The Balaban J connectivity index is 0.00000192. The number of halogens is 2. The molecule has 1 aromatic heterocycles. The molecule has 0 aliphatic heterocycles. The second-order valence-corrected chi connectivity index (χ2v) is 4.64. The zero-order chi connectivity index (χ0) is 15.7. The van der Waals surface area contributed by atoms with Gasteiger partial charge in [0, 0.05) is 29.4 Å². The third-order valence-electron chi connectivity index (χ3n) is 3.18. The first-order valence-electron chi connectivity index (χ1n) is 6.47. The molecule has 0 saturated carbocycles. The van der Waals surface area contributed by atoms with Gasteiger partial charge in [0.2, 0.25) is 0 Å². The lowest BCUT2D eigenvalue weighted by Crippen LogP contribution is -1.93. The van der Waals surface area contributed by atoms with Gasteiger partial charge in [0.1, 0.15) is 5.75 Å². The first-order chi connectivity index (χ1) is 10.6. The Bertz CT molecular complexity index is 858. The lowest BCUT2D eigenvalue weighted by atomic mass is 10.2. The standard InChI is InChI=1S/C16H13FN2O3.BrH/c1-21-16-8-12-10(7-13(16)20)14(4-5-19-12)22-15-3-2-9(18)6-11(15)17;/h2-8,20H,18H2,1H3;1H. The van der Waals surface area contributed by atoms with E-state index >= 15 is 0 Å². The van der Waals surface area contributed by atoms with Gasteiger partial charge in [0.15, 0.2) is 23.1 Å². The number of methoxy groups -OCH3 is 1. The zero-order valence-corrected chi connectivity index (χ0v) is 13.8. The second-order valence-electron chi connectivity index (χ2n) is 4.64. The van der Waals surface area contributed by atoms with Crippen LogP contribution in [0.2, 0.25) is 0 Å². The fourth-order valence-corrected chi connectivity index (χ4v) is 2.11. The van der Waals surface area contributed by atoms with Crippen LogP contribution in [-0.4, -0.2) is 17.2 Å². The van der Waals surface area contributed by atoms with Gasteiger partial charge < -0.3 is 20.3 Å². The largest absolute Gasteiger partial charge is 0.504 e. The molecule has 0 radical (unpaired) electrons. The molecule has 3 aromatic rings. The van der Waals surface area contributed by atoms with Crippen LogP contribution in [0.25, 0.3) is 10.9 Å². The molecule has 5 nitrogen and oxygen atoms in total. The van der Waals surface area contributed by atoms with Gasteiger partial charge in [0.05, 0.1) is 12.6 Å². The summed E-state index contributed by atoms with van der Waals surface area (Å²) >= 11 is 0. The summed E-state index contributed by atoms with van der Waals surface area (Å²) in [5.74, 6) is 0.0905. The SMILES string of the molecule is Br.COc1cc2nccc(Oc3ccc(N)cc3F)c2cc1O. The number of fused-ring (bicyclic) bond motifs is 1. The van der Waals surface area contributed by atoms with Gasteiger partial charge >= 0.3 is 0 Å². The van der Waals surface area contributed by atoms with Crippen LogP contribution in [0, 0.1) is 5.82 Å². The van der Waals surface area contributed by atoms with E-state index in [1.807, 2.05) is 0 Å². The number of benzene rings is 2. The maximum absolute atomic E-state index is 13.8. The van der Waals surface area contributed by atoms with Gasteiger partial charge in [-0.15, -0.1) is 17.0 Å². The normalized spacial score (nSPS) is 10.2. The summed E-state index contributed by atoms with van der Waals surface area (Å²) in [6.07, 6.45) is 1.53. The first-order valence-corrected chi connectivity index (χ1v) is 6.47. The van der Waals surface area contributed by atoms with Crippen LogP contribution in [0.3, 0.4) is 0 Å². The molecular formula is C16H14BrFN2O3. The Morgan fingerprint density at radius 2 is 1.87 bits per heavy atom. The lowest BCUT2D eigenvalue weighted by molar-refractivity contribution is 0.374. The van der Waals surface area contributed by atoms with Crippen molar-refractivity contribution in [2.45, 2.75) is 0 Å². The topological polar surface area (TPSA) is 77.6 Å². The van der Waals surface area contributed by atoms with Gasteiger partial charge in [-0.1, -0.05) is 0 Å². The molecule has 0 saturated heterocycles. The van der Waals surface area contributed by atoms with Crippen LogP contribution < -0.4 is 15.2 Å². The number of nitrogens with zero attached hydrogens (tertiary/aromatic N) is 1. The molecule has 0 aliphatic rings. The fraction of sp³-hybridized carbons (Fsp3) is 0.0625. The molecule has 0 bridgehead atoms. The Kier molecular flexibility index (Phi) is 4.90. The summed E-state index contributed by atoms with van der Waals surface area (Å²) in [7, 11) is 1.45. The maximum atomic E-state index is 13.8. The van der Waals surface area contributed by atoms with Crippen LogP contribution >= 0.6 is 17.0 Å². The molecule has 3 N–H and O–H groups in total. The minimum Gasteiger partial charge on any atom is -0.504 e. The van der Waals surface area contributed by atoms with Crippen LogP contribution in [0.15, 0.2) is 42.6 Å². The minimum atomic E-state index is -0.567. The van der Waals surface area contributed by atoms with Crippen LogP contribution in [0.5, 0.6) is 23.0 Å².